The van der Waals surface area contributed by atoms with Gasteiger partial charge in [0.2, 0.25) is 9.05 Å². The van der Waals surface area contributed by atoms with E-state index >= 15 is 0 Å². The minimum absolute atomic E-state index is 0.0648. The number of nitrogens with zero attached hydrogens (tertiary/aromatic N) is 9. The second-order valence-electron chi connectivity index (χ2n) is 30.6. The van der Waals surface area contributed by atoms with Crippen molar-refractivity contribution < 1.29 is 70.3 Å². The van der Waals surface area contributed by atoms with Crippen molar-refractivity contribution in [2.45, 2.75) is 267 Å². The molecular weight excluding hydrogens is 1400 g/mol. The Morgan fingerprint density at radius 1 is 0.547 bits per heavy atom. The van der Waals surface area contributed by atoms with Crippen LogP contribution in [0.3, 0.4) is 0 Å². The number of nitrogens with one attached hydrogen (secondary N) is 1. The summed E-state index contributed by atoms with van der Waals surface area (Å²) in [5.74, 6) is 0.744. The first-order chi connectivity index (χ1) is 43.2. The number of hydrogen-bond acceptors (Lipinski definition) is 18. The summed E-state index contributed by atoms with van der Waals surface area (Å²) in [6, 6.07) is 0.629. The number of halogens is 3. The fourth-order valence-electron chi connectivity index (χ4n) is 9.71. The smallest absolute Gasteiger partial charge is 0.444 e. The molecule has 3 aromatic rings. The zero-order valence-corrected chi connectivity index (χ0v) is 65.7. The average molecular weight is 1510 g/mol. The van der Waals surface area contributed by atoms with Crippen LogP contribution in [0.25, 0.3) is 0 Å². The van der Waals surface area contributed by atoms with Crippen LogP contribution in [0.2, 0.25) is 6.82 Å². The lowest BCUT2D eigenvalue weighted by Crippen LogP contribution is -2.42. The summed E-state index contributed by atoms with van der Waals surface area (Å²) < 4.78 is 69.4. The van der Waals surface area contributed by atoms with Gasteiger partial charge in [-0.15, -0.1) is 0 Å². The number of amides is 4. The van der Waals surface area contributed by atoms with Crippen molar-refractivity contribution in [3.05, 3.63) is 46.1 Å². The van der Waals surface area contributed by atoms with E-state index in [9.17, 15) is 32.7 Å². The highest BCUT2D eigenvalue weighted by Crippen LogP contribution is 2.38. The molecule has 31 heteroatoms. The van der Waals surface area contributed by atoms with E-state index in [1.54, 1.807) is 33.3 Å². The highest BCUT2D eigenvalue weighted by atomic mass is 79.9. The third-order valence-corrected chi connectivity index (χ3v) is 16.9. The number of likely N-dealkylation sites (tertiary alicyclic amines) is 4. The number of aromatic nitrogens is 6. The first-order valence-corrected chi connectivity index (χ1v) is 37.1. The Labute approximate surface area is 589 Å². The summed E-state index contributed by atoms with van der Waals surface area (Å²) in [4.78, 5) is 54.3. The van der Waals surface area contributed by atoms with Crippen molar-refractivity contribution in [3.63, 3.8) is 0 Å². The predicted molar refractivity (Wildman–Crippen MR) is 378 cm³/mol. The molecule has 542 valence electrons. The average Bonchev–Trinajstić information content (AvgIpc) is 1.63. The zero-order chi connectivity index (χ0) is 72.5. The van der Waals surface area contributed by atoms with E-state index in [1.165, 1.54) is 0 Å². The number of aliphatic hydroxyl groups excluding tert-OH is 1. The molecule has 4 amide bonds. The van der Waals surface area contributed by atoms with E-state index in [0.29, 0.717) is 45.1 Å². The Morgan fingerprint density at radius 3 is 1.12 bits per heavy atom. The van der Waals surface area contributed by atoms with Gasteiger partial charge in [0.05, 0.1) is 68.2 Å². The number of carbonyl (C=O) groups is 4. The molecule has 9 heterocycles. The Kier molecular flexibility index (Phi) is 32.0. The molecule has 0 aliphatic carbocycles. The summed E-state index contributed by atoms with van der Waals surface area (Å²) in [6.45, 7) is 48.8. The van der Waals surface area contributed by atoms with Gasteiger partial charge in [0.25, 0.3) is 0 Å². The molecular formula is C64H113B2Br2ClN10O15S. The number of ether oxygens (including phenoxy) is 4. The third-order valence-electron chi connectivity index (χ3n) is 16.1. The van der Waals surface area contributed by atoms with Gasteiger partial charge in [-0.2, -0.15) is 15.3 Å². The van der Waals surface area contributed by atoms with Crippen LogP contribution >= 0.6 is 42.5 Å². The Balaban J connectivity index is 0.000000307. The molecule has 0 aromatic carbocycles. The summed E-state index contributed by atoms with van der Waals surface area (Å²) in [5, 5.41) is 24.4. The van der Waals surface area contributed by atoms with Crippen LogP contribution in [-0.2, 0) is 46.6 Å². The molecule has 3 aromatic heterocycles. The van der Waals surface area contributed by atoms with Crippen LogP contribution in [0.4, 0.5) is 19.2 Å². The van der Waals surface area contributed by atoms with E-state index in [1.807, 2.05) is 150 Å². The molecule has 0 bridgehead atoms. The van der Waals surface area contributed by atoms with Gasteiger partial charge in [-0.3, -0.25) is 14.5 Å². The molecule has 0 atom stereocenters. The maximum Gasteiger partial charge on any atom is 0.498 e. The maximum absolute atomic E-state index is 12.2. The molecule has 95 heavy (non-hydrogen) atoms. The van der Waals surface area contributed by atoms with Crippen LogP contribution < -0.4 is 5.46 Å². The highest BCUT2D eigenvalue weighted by Gasteiger charge is 2.52. The van der Waals surface area contributed by atoms with Gasteiger partial charge in [0.15, 0.2) is 0 Å². The van der Waals surface area contributed by atoms with Crippen molar-refractivity contribution in [3.8, 4) is 0 Å². The second kappa shape index (κ2) is 35.7. The Bertz CT molecular complexity index is 2850. The number of aromatic amines is 1. The molecule has 2 N–H and O–H groups in total. The standard InChI is InChI=1S/C19H32BN3O4.C13H20BrN3O2.C11H21NO2.C10H19NO3.C7H15BO2.C3H3BrN2.CH3ClO2S/c1-17(2,3)25-16(24)22-10-8-15(9-11-22)23-13-14(12-21-23)20-26-18(4,5)19(6,7)27-20;1-13(2,3)19-12(18)16-6-4-11(5-7-16)17-9-10(14)8-15-17;1-9-5-7-12(8-6-9)10(13)14-11(2,3)4;1-10(2,3)14-9(13)11-6-4-8(12)5-7-11;1-6(2)7(3,4)10-8(5)9-6;4-3-1-5-6-2-3;1-5(2,3)4/h12-13,15H,8-11H2,1-7H3;8-9,11H,4-7H2,1-3H3;9H,5-8H2,1-4H3;8,12H,4-7H2,1-3H3;1-5H3;1-2H,(H,5,6);1H3. The minimum atomic E-state index is -3.19. The predicted octanol–water partition coefficient (Wildman–Crippen LogP) is 13.1. The fraction of sp³-hybridized carbons (Fsp3) is 0.797. The van der Waals surface area contributed by atoms with Crippen LogP contribution in [0, 0.1) is 5.92 Å². The summed E-state index contributed by atoms with van der Waals surface area (Å²) in [6.07, 6.45) is 17.9. The minimum Gasteiger partial charge on any atom is -0.444 e. The van der Waals surface area contributed by atoms with E-state index < -0.39 is 33.0 Å². The van der Waals surface area contributed by atoms with Gasteiger partial charge in [-0.1, -0.05) is 6.92 Å². The third kappa shape index (κ3) is 32.1. The molecule has 6 aliphatic rings. The second-order valence-corrected chi connectivity index (χ2v) is 35.5. The number of aliphatic hydroxyl groups is 1. The number of rotatable bonds is 3. The quantitative estimate of drug-likeness (QED) is 0.140. The highest BCUT2D eigenvalue weighted by molar-refractivity contribution is 9.10. The van der Waals surface area contributed by atoms with Crippen LogP contribution in [0.1, 0.15) is 209 Å². The first-order valence-electron chi connectivity index (χ1n) is 32.8. The zero-order valence-electron chi connectivity index (χ0n) is 61.0. The van der Waals surface area contributed by atoms with Gasteiger partial charge in [-0.25, -0.2) is 27.6 Å². The van der Waals surface area contributed by atoms with Gasteiger partial charge in [0.1, 0.15) is 22.4 Å². The fourth-order valence-corrected chi connectivity index (χ4v) is 10.2. The van der Waals surface area contributed by atoms with Gasteiger partial charge >= 0.3 is 38.6 Å². The van der Waals surface area contributed by atoms with Crippen molar-refractivity contribution in [2.24, 2.45) is 5.92 Å². The SMILES string of the molecule is Brc1cn[nH]c1.CB1OC(C)(C)C(C)(C)O1.CC(C)(C)OC(=O)N1CCC(O)CC1.CC(C)(C)OC(=O)N1CCC(n2cc(B3OC(C)(C)C(C)(C)O3)cn2)CC1.CC(C)(C)OC(=O)N1CCC(n2cc(Br)cn2)CC1.CC1CCN(C(=O)OC(C)(C)C)CC1.CS(=O)(=O)Cl. The van der Waals surface area contributed by atoms with E-state index in [4.69, 9.17) is 37.6 Å². The lowest BCUT2D eigenvalue weighted by molar-refractivity contribution is 0.00578. The number of H-pyrrole nitrogens is 1. The van der Waals surface area contributed by atoms with Gasteiger partial charge < -0.3 is 62.3 Å². The summed E-state index contributed by atoms with van der Waals surface area (Å²) in [5.41, 5.74) is -1.82. The molecule has 0 unspecified atom stereocenters. The van der Waals surface area contributed by atoms with Gasteiger partial charge in [0, 0.05) is 93.3 Å². The largest absolute Gasteiger partial charge is 0.498 e. The topological polar surface area (TPSA) is 274 Å². The molecule has 9 rings (SSSR count). The molecule has 6 fully saturated rings. The monoisotopic (exact) mass is 1510 g/mol. The lowest BCUT2D eigenvalue weighted by Gasteiger charge is -2.33. The van der Waals surface area contributed by atoms with Crippen LogP contribution in [0.5, 0.6) is 0 Å². The molecule has 25 nitrogen and oxygen atoms in total. The Hall–Kier alpha value is -4.16. The molecule has 0 spiro atoms. The van der Waals surface area contributed by atoms with Crippen molar-refractivity contribution >= 4 is 95.7 Å². The lowest BCUT2D eigenvalue weighted by atomic mass is 9.82. The van der Waals surface area contributed by atoms with Crippen molar-refractivity contribution in [1.29, 1.82) is 0 Å². The van der Waals surface area contributed by atoms with Crippen molar-refractivity contribution in [2.75, 3.05) is 58.6 Å². The number of hydrogen-bond donors (Lipinski definition) is 2. The summed E-state index contributed by atoms with van der Waals surface area (Å²) >= 11 is 6.59. The summed E-state index contributed by atoms with van der Waals surface area (Å²) in [7, 11) is 0.845. The van der Waals surface area contributed by atoms with Crippen molar-refractivity contribution in [1.82, 2.24) is 49.4 Å². The normalized spacial score (nSPS) is 20.0. The maximum atomic E-state index is 12.2. The van der Waals surface area contributed by atoms with Crippen LogP contribution in [0.15, 0.2) is 46.1 Å². The van der Waals surface area contributed by atoms with Crippen LogP contribution in [-0.4, -0.2) is 211 Å². The first kappa shape index (κ1) is 85.1. The molecule has 0 saturated carbocycles. The molecule has 6 aliphatic heterocycles. The number of carbonyl (C=O) groups excluding carboxylic acids is 4. The number of piperidine rings is 4. The van der Waals surface area contributed by atoms with E-state index in [-0.39, 0.29) is 71.6 Å². The van der Waals surface area contributed by atoms with E-state index in [2.05, 4.69) is 97.6 Å². The Morgan fingerprint density at radius 2 is 0.853 bits per heavy atom. The van der Waals surface area contributed by atoms with E-state index in [0.717, 1.165) is 91.3 Å². The molecule has 6 saturated heterocycles. The van der Waals surface area contributed by atoms with Gasteiger partial charge in [-0.05, 0) is 234 Å². The molecule has 0 radical (unpaired) electrons.